The molecule has 2 fully saturated rings. The molecule has 5 atom stereocenters. The first-order chi connectivity index (χ1) is 12.8. The zero-order valence-electron chi connectivity index (χ0n) is 16.9. The average Bonchev–Trinajstić information content (AvgIpc) is 2.60. The fourth-order valence-corrected chi connectivity index (χ4v) is 5.71. The summed E-state index contributed by atoms with van der Waals surface area (Å²) in [6.45, 7) is 7.21. The molecule has 0 aromatic carbocycles. The quantitative estimate of drug-likeness (QED) is 0.690. The number of thioether (sulfide) groups is 1. The Morgan fingerprint density at radius 1 is 1.00 bits per heavy atom. The van der Waals surface area contributed by atoms with E-state index in [1.807, 2.05) is 0 Å². The Morgan fingerprint density at radius 3 is 2.26 bits per heavy atom. The molecule has 5 unspecified atom stereocenters. The second kappa shape index (κ2) is 10.3. The number of carbonyl (C=O) groups is 3. The van der Waals surface area contributed by atoms with E-state index in [1.54, 1.807) is 0 Å². The van der Waals surface area contributed by atoms with Crippen LogP contribution in [0.3, 0.4) is 0 Å². The molecule has 2 aliphatic rings. The largest absolute Gasteiger partial charge is 0.465 e. The van der Waals surface area contributed by atoms with Crippen LogP contribution in [0.25, 0.3) is 0 Å². The Hall–Kier alpha value is -1.24. The number of nitrogens with one attached hydrogen (secondary N) is 1. The fraction of sp³-hybridized carbons (Fsp3) is 0.850. The number of carbonyl (C=O) groups excluding carboxylic acids is 3. The van der Waals surface area contributed by atoms with E-state index in [1.165, 1.54) is 44.9 Å². The Bertz CT molecular complexity index is 534. The van der Waals surface area contributed by atoms with Gasteiger partial charge in [-0.2, -0.15) is 0 Å². The van der Waals surface area contributed by atoms with Gasteiger partial charge in [0.1, 0.15) is 6.61 Å². The molecule has 1 amide bonds. The van der Waals surface area contributed by atoms with Crippen LogP contribution >= 0.6 is 11.8 Å². The van der Waals surface area contributed by atoms with Crippen molar-refractivity contribution >= 4 is 29.6 Å². The van der Waals surface area contributed by atoms with Gasteiger partial charge in [0.05, 0.1) is 6.04 Å². The van der Waals surface area contributed by atoms with Crippen LogP contribution in [-0.2, 0) is 23.9 Å². The van der Waals surface area contributed by atoms with Gasteiger partial charge in [-0.1, -0.05) is 33.1 Å². The van der Waals surface area contributed by atoms with Crippen molar-refractivity contribution in [3.8, 4) is 0 Å². The van der Waals surface area contributed by atoms with Crippen molar-refractivity contribution in [2.75, 3.05) is 6.61 Å². The summed E-state index contributed by atoms with van der Waals surface area (Å²) in [7, 11) is 0. The minimum atomic E-state index is -0.468. The summed E-state index contributed by atoms with van der Waals surface area (Å²) < 4.78 is 10.7. The van der Waals surface area contributed by atoms with Crippen LogP contribution in [0.2, 0.25) is 0 Å². The van der Waals surface area contributed by atoms with Gasteiger partial charge < -0.3 is 14.8 Å². The summed E-state index contributed by atoms with van der Waals surface area (Å²) in [5.41, 5.74) is -0.468. The van der Waals surface area contributed by atoms with Gasteiger partial charge in [0.15, 0.2) is 5.44 Å². The molecule has 27 heavy (non-hydrogen) atoms. The molecule has 1 saturated carbocycles. The fourth-order valence-electron chi connectivity index (χ4n) is 4.05. The van der Waals surface area contributed by atoms with Gasteiger partial charge >= 0.3 is 11.9 Å². The summed E-state index contributed by atoms with van der Waals surface area (Å²) in [6.07, 6.45) is 6.47. The van der Waals surface area contributed by atoms with Gasteiger partial charge in [-0.3, -0.25) is 14.4 Å². The van der Waals surface area contributed by atoms with Gasteiger partial charge in [0.25, 0.3) is 0 Å². The predicted molar refractivity (Wildman–Crippen MR) is 105 cm³/mol. The Kier molecular flexibility index (Phi) is 8.45. The summed E-state index contributed by atoms with van der Waals surface area (Å²) >= 11 is 1.47. The first kappa shape index (κ1) is 22.1. The summed E-state index contributed by atoms with van der Waals surface area (Å²) in [5.74, 6) is 0.135. The lowest BCUT2D eigenvalue weighted by Crippen LogP contribution is -2.55. The van der Waals surface area contributed by atoms with E-state index < -0.39 is 5.44 Å². The maximum Gasteiger partial charge on any atom is 0.303 e. The highest BCUT2D eigenvalue weighted by Crippen LogP contribution is 2.41. The van der Waals surface area contributed by atoms with Gasteiger partial charge in [-0.15, -0.1) is 11.8 Å². The van der Waals surface area contributed by atoms with Crippen molar-refractivity contribution in [2.45, 2.75) is 82.9 Å². The molecule has 1 aliphatic heterocycles. The Labute approximate surface area is 166 Å². The van der Waals surface area contributed by atoms with E-state index >= 15 is 0 Å². The van der Waals surface area contributed by atoms with Crippen molar-refractivity contribution < 1.29 is 23.9 Å². The van der Waals surface area contributed by atoms with Crippen molar-refractivity contribution in [1.82, 2.24) is 5.32 Å². The zero-order valence-corrected chi connectivity index (χ0v) is 17.7. The van der Waals surface area contributed by atoms with E-state index in [4.69, 9.17) is 9.47 Å². The third-order valence-electron chi connectivity index (χ3n) is 5.84. The molecule has 1 saturated heterocycles. The van der Waals surface area contributed by atoms with E-state index in [0.29, 0.717) is 12.3 Å². The van der Waals surface area contributed by atoms with E-state index in [-0.39, 0.29) is 47.6 Å². The van der Waals surface area contributed by atoms with Gasteiger partial charge in [-0.05, 0) is 30.6 Å². The topological polar surface area (TPSA) is 81.7 Å². The number of rotatable bonds is 6. The minimum Gasteiger partial charge on any atom is -0.465 e. The molecule has 1 N–H and O–H groups in total. The molecule has 7 heteroatoms. The van der Waals surface area contributed by atoms with Crippen molar-refractivity contribution in [3.05, 3.63) is 0 Å². The molecule has 0 spiro atoms. The molecular formula is C20H33NO5S. The third kappa shape index (κ3) is 6.70. The number of hydrogen-bond acceptors (Lipinski definition) is 6. The highest BCUT2D eigenvalue weighted by molar-refractivity contribution is 8.00. The average molecular weight is 400 g/mol. The van der Waals surface area contributed by atoms with Gasteiger partial charge in [0.2, 0.25) is 5.91 Å². The SMILES string of the molecule is CC(=O)OCC1SC(OC(C)=O)C(NC(=O)CC2CCCCC2)C(C)C1C. The van der Waals surface area contributed by atoms with Crippen molar-refractivity contribution in [3.63, 3.8) is 0 Å². The van der Waals surface area contributed by atoms with Crippen LogP contribution in [0.1, 0.15) is 66.2 Å². The third-order valence-corrected chi connectivity index (χ3v) is 7.42. The number of amides is 1. The van der Waals surface area contributed by atoms with Gasteiger partial charge in [0, 0.05) is 25.5 Å². The zero-order chi connectivity index (χ0) is 20.0. The van der Waals surface area contributed by atoms with E-state index in [9.17, 15) is 14.4 Å². The lowest BCUT2D eigenvalue weighted by molar-refractivity contribution is -0.146. The molecule has 1 heterocycles. The van der Waals surface area contributed by atoms with E-state index in [0.717, 1.165) is 12.8 Å². The lowest BCUT2D eigenvalue weighted by atomic mass is 9.84. The maximum absolute atomic E-state index is 12.6. The molecule has 0 bridgehead atoms. The normalized spacial score (nSPS) is 31.8. The molecule has 0 aromatic heterocycles. The van der Waals surface area contributed by atoms with Crippen LogP contribution < -0.4 is 5.32 Å². The molecule has 6 nitrogen and oxygen atoms in total. The minimum absolute atomic E-state index is 0.0275. The first-order valence-corrected chi connectivity index (χ1v) is 11.0. The Balaban J connectivity index is 2.01. The number of hydrogen-bond donors (Lipinski definition) is 1. The second-order valence-corrected chi connectivity index (χ2v) is 9.32. The highest BCUT2D eigenvalue weighted by atomic mass is 32.2. The van der Waals surface area contributed by atoms with Crippen LogP contribution in [0.15, 0.2) is 0 Å². The number of ether oxygens (including phenoxy) is 2. The molecule has 0 radical (unpaired) electrons. The highest BCUT2D eigenvalue weighted by Gasteiger charge is 2.44. The summed E-state index contributed by atoms with van der Waals surface area (Å²) in [5, 5.41) is 3.17. The Morgan fingerprint density at radius 2 is 1.67 bits per heavy atom. The van der Waals surface area contributed by atoms with Crippen molar-refractivity contribution in [1.29, 1.82) is 0 Å². The molecule has 154 valence electrons. The van der Waals surface area contributed by atoms with Crippen molar-refractivity contribution in [2.24, 2.45) is 17.8 Å². The summed E-state index contributed by atoms with van der Waals surface area (Å²) in [6, 6.07) is -0.237. The second-order valence-electron chi connectivity index (χ2n) is 7.97. The van der Waals surface area contributed by atoms with Crippen LogP contribution in [0.4, 0.5) is 0 Å². The van der Waals surface area contributed by atoms with Crippen LogP contribution in [0, 0.1) is 17.8 Å². The number of esters is 2. The monoisotopic (exact) mass is 399 g/mol. The molecule has 0 aromatic rings. The summed E-state index contributed by atoms with van der Waals surface area (Å²) in [4.78, 5) is 35.4. The standard InChI is InChI=1S/C20H33NO5S/c1-12-13(2)19(21-18(24)10-16-8-6-5-7-9-16)20(26-15(4)23)27-17(12)11-25-14(3)22/h12-13,16-17,19-20H,5-11H2,1-4H3,(H,21,24). The molecule has 2 rings (SSSR count). The smallest absolute Gasteiger partial charge is 0.303 e. The maximum atomic E-state index is 12.6. The first-order valence-electron chi connectivity index (χ1n) is 10.0. The molecular weight excluding hydrogens is 366 g/mol. The van der Waals surface area contributed by atoms with Crippen LogP contribution in [-0.4, -0.2) is 41.2 Å². The van der Waals surface area contributed by atoms with E-state index in [2.05, 4.69) is 19.2 Å². The van der Waals surface area contributed by atoms with Crippen LogP contribution in [0.5, 0.6) is 0 Å². The predicted octanol–water partition coefficient (Wildman–Crippen LogP) is 3.28. The lowest BCUT2D eigenvalue weighted by Gasteiger charge is -2.43. The molecule has 1 aliphatic carbocycles. The van der Waals surface area contributed by atoms with Gasteiger partial charge in [-0.25, -0.2) is 0 Å².